The van der Waals surface area contributed by atoms with Gasteiger partial charge in [-0.15, -0.1) is 0 Å². The van der Waals surface area contributed by atoms with Crippen LogP contribution in [0.15, 0.2) is 30.7 Å². The SMILES string of the molecule is CC(=O)N1C(C)CCC1c1cc([N+](=O)[O-])c(NC(=O)c2cnccn2)cc1F. The number of aromatic nitrogens is 2. The zero-order valence-electron chi connectivity index (χ0n) is 15.3. The summed E-state index contributed by atoms with van der Waals surface area (Å²) in [5.41, 5.74) is -0.753. The number of rotatable bonds is 4. The molecule has 1 aromatic heterocycles. The van der Waals surface area contributed by atoms with Gasteiger partial charge in [0.05, 0.1) is 17.2 Å². The number of nitro benzene ring substituents is 1. The van der Waals surface area contributed by atoms with Crippen LogP contribution in [0.2, 0.25) is 0 Å². The number of anilines is 1. The van der Waals surface area contributed by atoms with Gasteiger partial charge in [0.2, 0.25) is 5.91 Å². The van der Waals surface area contributed by atoms with Crippen molar-refractivity contribution < 1.29 is 18.9 Å². The third-order valence-electron chi connectivity index (χ3n) is 4.75. The molecule has 2 amide bonds. The number of hydrogen-bond donors (Lipinski definition) is 1. The van der Waals surface area contributed by atoms with E-state index >= 15 is 0 Å². The van der Waals surface area contributed by atoms with E-state index in [4.69, 9.17) is 0 Å². The second kappa shape index (κ2) is 7.67. The quantitative estimate of drug-likeness (QED) is 0.636. The fourth-order valence-electron chi connectivity index (χ4n) is 3.51. The van der Waals surface area contributed by atoms with Crippen LogP contribution in [0.1, 0.15) is 48.8 Å². The molecule has 9 nitrogen and oxygen atoms in total. The van der Waals surface area contributed by atoms with Crippen molar-refractivity contribution >= 4 is 23.2 Å². The molecule has 0 bridgehead atoms. The second-order valence-corrected chi connectivity index (χ2v) is 6.56. The Morgan fingerprint density at radius 3 is 2.68 bits per heavy atom. The number of halogens is 1. The van der Waals surface area contributed by atoms with E-state index in [-0.39, 0.29) is 28.9 Å². The summed E-state index contributed by atoms with van der Waals surface area (Å²) in [7, 11) is 0. The molecule has 3 rings (SSSR count). The van der Waals surface area contributed by atoms with Crippen LogP contribution in [0, 0.1) is 15.9 Å². The molecule has 10 heteroatoms. The molecular formula is C18H18FN5O4. The molecule has 1 saturated heterocycles. The fraction of sp³-hybridized carbons (Fsp3) is 0.333. The topological polar surface area (TPSA) is 118 Å². The fourth-order valence-corrected chi connectivity index (χ4v) is 3.51. The van der Waals surface area contributed by atoms with Crippen LogP contribution < -0.4 is 5.32 Å². The highest BCUT2D eigenvalue weighted by Crippen LogP contribution is 2.40. The predicted molar refractivity (Wildman–Crippen MR) is 97.0 cm³/mol. The molecule has 1 N–H and O–H groups in total. The summed E-state index contributed by atoms with van der Waals surface area (Å²) in [5, 5.41) is 13.8. The van der Waals surface area contributed by atoms with Crippen molar-refractivity contribution in [2.45, 2.75) is 38.8 Å². The Bertz CT molecular complexity index is 937. The molecule has 1 fully saturated rings. The minimum Gasteiger partial charge on any atom is -0.333 e. The first-order chi connectivity index (χ1) is 13.3. The number of nitrogens with one attached hydrogen (secondary N) is 1. The van der Waals surface area contributed by atoms with Crippen molar-refractivity contribution in [2.75, 3.05) is 5.32 Å². The van der Waals surface area contributed by atoms with Crippen molar-refractivity contribution in [3.05, 3.63) is 57.9 Å². The molecule has 146 valence electrons. The summed E-state index contributed by atoms with van der Waals surface area (Å²) in [6.45, 7) is 3.24. The summed E-state index contributed by atoms with van der Waals surface area (Å²) < 4.78 is 14.8. The van der Waals surface area contributed by atoms with Gasteiger partial charge in [-0.05, 0) is 19.8 Å². The van der Waals surface area contributed by atoms with E-state index in [0.717, 1.165) is 12.1 Å². The van der Waals surface area contributed by atoms with Crippen LogP contribution in [-0.2, 0) is 4.79 Å². The van der Waals surface area contributed by atoms with Crippen LogP contribution >= 0.6 is 0 Å². The molecule has 0 aliphatic carbocycles. The van der Waals surface area contributed by atoms with E-state index in [0.29, 0.717) is 12.8 Å². The molecule has 28 heavy (non-hydrogen) atoms. The third kappa shape index (κ3) is 3.66. The maximum absolute atomic E-state index is 14.8. The lowest BCUT2D eigenvalue weighted by Gasteiger charge is -2.28. The number of hydrogen-bond acceptors (Lipinski definition) is 6. The molecule has 2 heterocycles. The Kier molecular flexibility index (Phi) is 5.30. The van der Waals surface area contributed by atoms with E-state index in [1.165, 1.54) is 30.4 Å². The van der Waals surface area contributed by atoms with Crippen LogP contribution in [0.5, 0.6) is 0 Å². The minimum atomic E-state index is -0.747. The first-order valence-corrected chi connectivity index (χ1v) is 8.63. The normalized spacial score (nSPS) is 18.8. The molecule has 2 unspecified atom stereocenters. The lowest BCUT2D eigenvalue weighted by Crippen LogP contribution is -2.34. The number of amides is 2. The second-order valence-electron chi connectivity index (χ2n) is 6.56. The first kappa shape index (κ1) is 19.3. The highest BCUT2D eigenvalue weighted by molar-refractivity contribution is 6.03. The Labute approximate surface area is 159 Å². The summed E-state index contributed by atoms with van der Waals surface area (Å²) in [6, 6.07) is 1.32. The number of carbonyl (C=O) groups excluding carboxylic acids is 2. The van der Waals surface area contributed by atoms with Gasteiger partial charge in [-0.3, -0.25) is 24.7 Å². The van der Waals surface area contributed by atoms with Gasteiger partial charge in [-0.2, -0.15) is 0 Å². The van der Waals surface area contributed by atoms with Gasteiger partial charge in [0.1, 0.15) is 17.2 Å². The number of nitrogens with zero attached hydrogens (tertiary/aromatic N) is 4. The maximum Gasteiger partial charge on any atom is 0.293 e. The van der Waals surface area contributed by atoms with Crippen molar-refractivity contribution in [3.8, 4) is 0 Å². The number of carbonyl (C=O) groups is 2. The van der Waals surface area contributed by atoms with E-state index in [1.807, 2.05) is 6.92 Å². The highest BCUT2D eigenvalue weighted by Gasteiger charge is 2.36. The Balaban J connectivity index is 1.98. The van der Waals surface area contributed by atoms with E-state index in [9.17, 15) is 24.1 Å². The van der Waals surface area contributed by atoms with Crippen molar-refractivity contribution in [2.24, 2.45) is 0 Å². The zero-order chi connectivity index (χ0) is 20.4. The van der Waals surface area contributed by atoms with E-state index in [2.05, 4.69) is 15.3 Å². The smallest absolute Gasteiger partial charge is 0.293 e. The van der Waals surface area contributed by atoms with Gasteiger partial charge in [0.25, 0.3) is 11.6 Å². The summed E-state index contributed by atoms with van der Waals surface area (Å²) in [5.74, 6) is -1.70. The Hall–Kier alpha value is -3.43. The zero-order valence-corrected chi connectivity index (χ0v) is 15.3. The lowest BCUT2D eigenvalue weighted by molar-refractivity contribution is -0.384. The predicted octanol–water partition coefficient (Wildman–Crippen LogP) is 2.85. The van der Waals surface area contributed by atoms with E-state index in [1.54, 1.807) is 0 Å². The minimum absolute atomic E-state index is 0.0590. The largest absolute Gasteiger partial charge is 0.333 e. The van der Waals surface area contributed by atoms with Gasteiger partial charge in [0, 0.05) is 43.1 Å². The molecule has 1 aliphatic rings. The molecule has 1 aromatic carbocycles. The summed E-state index contributed by atoms with van der Waals surface area (Å²) in [4.78, 5) is 44.1. The molecule has 1 aliphatic heterocycles. The number of benzene rings is 1. The molecule has 0 spiro atoms. The van der Waals surface area contributed by atoms with Crippen LogP contribution in [-0.4, -0.2) is 37.6 Å². The average Bonchev–Trinajstić information content (AvgIpc) is 3.03. The Morgan fingerprint density at radius 2 is 2.07 bits per heavy atom. The van der Waals surface area contributed by atoms with Gasteiger partial charge < -0.3 is 10.2 Å². The summed E-state index contributed by atoms with van der Waals surface area (Å²) >= 11 is 0. The number of nitro groups is 1. The molecule has 2 aromatic rings. The average molecular weight is 387 g/mol. The Morgan fingerprint density at radius 1 is 1.32 bits per heavy atom. The third-order valence-corrected chi connectivity index (χ3v) is 4.75. The van der Waals surface area contributed by atoms with Crippen LogP contribution in [0.3, 0.4) is 0 Å². The van der Waals surface area contributed by atoms with Gasteiger partial charge >= 0.3 is 0 Å². The summed E-state index contributed by atoms with van der Waals surface area (Å²) in [6.07, 6.45) is 5.03. The molecule has 0 radical (unpaired) electrons. The maximum atomic E-state index is 14.8. The molecule has 2 atom stereocenters. The van der Waals surface area contributed by atoms with E-state index < -0.39 is 28.4 Å². The van der Waals surface area contributed by atoms with Crippen LogP contribution in [0.25, 0.3) is 0 Å². The van der Waals surface area contributed by atoms with Gasteiger partial charge in [-0.25, -0.2) is 9.37 Å². The van der Waals surface area contributed by atoms with Crippen molar-refractivity contribution in [1.82, 2.24) is 14.9 Å². The lowest BCUT2D eigenvalue weighted by atomic mass is 10.0. The van der Waals surface area contributed by atoms with Crippen molar-refractivity contribution in [1.29, 1.82) is 0 Å². The molecular weight excluding hydrogens is 369 g/mol. The highest BCUT2D eigenvalue weighted by atomic mass is 19.1. The monoisotopic (exact) mass is 387 g/mol. The van der Waals surface area contributed by atoms with Crippen molar-refractivity contribution in [3.63, 3.8) is 0 Å². The van der Waals surface area contributed by atoms with Gasteiger partial charge in [0.15, 0.2) is 0 Å². The van der Waals surface area contributed by atoms with Gasteiger partial charge in [-0.1, -0.05) is 0 Å². The number of likely N-dealkylation sites (tertiary alicyclic amines) is 1. The first-order valence-electron chi connectivity index (χ1n) is 8.63. The molecule has 0 saturated carbocycles. The standard InChI is InChI=1S/C18H18FN5O4/c1-10-3-4-16(23(10)11(2)25)12-7-17(24(27)28)14(8-13(12)19)22-18(26)15-9-20-5-6-21-15/h5-10,16H,3-4H2,1-2H3,(H,22,26). The van der Waals surface area contributed by atoms with Crippen LogP contribution in [0.4, 0.5) is 15.8 Å².